The SMILES string of the molecule is CC(C)NC(=O)/C=C/c1ccc(C#N)o1. The second-order valence-corrected chi connectivity index (χ2v) is 3.31. The average Bonchev–Trinajstić information content (AvgIpc) is 2.61. The molecule has 0 radical (unpaired) electrons. The molecule has 0 aliphatic carbocycles. The van der Waals surface area contributed by atoms with Crippen molar-refractivity contribution in [2.24, 2.45) is 0 Å². The molecular weight excluding hydrogens is 192 g/mol. The fourth-order valence-corrected chi connectivity index (χ4v) is 0.993. The molecule has 1 N–H and O–H groups in total. The summed E-state index contributed by atoms with van der Waals surface area (Å²) in [4.78, 5) is 11.2. The van der Waals surface area contributed by atoms with E-state index in [-0.39, 0.29) is 17.7 Å². The molecule has 1 rings (SSSR count). The average molecular weight is 204 g/mol. The van der Waals surface area contributed by atoms with Gasteiger partial charge in [-0.15, -0.1) is 0 Å². The van der Waals surface area contributed by atoms with Gasteiger partial charge in [-0.1, -0.05) is 0 Å². The Hall–Kier alpha value is -2.02. The highest BCUT2D eigenvalue weighted by atomic mass is 16.3. The summed E-state index contributed by atoms with van der Waals surface area (Å²) in [5.41, 5.74) is 0. The Bertz CT molecular complexity index is 410. The monoisotopic (exact) mass is 204 g/mol. The van der Waals surface area contributed by atoms with E-state index in [9.17, 15) is 4.79 Å². The van der Waals surface area contributed by atoms with E-state index in [0.29, 0.717) is 5.76 Å². The fraction of sp³-hybridized carbons (Fsp3) is 0.273. The van der Waals surface area contributed by atoms with Crippen molar-refractivity contribution in [2.45, 2.75) is 19.9 Å². The zero-order valence-corrected chi connectivity index (χ0v) is 8.65. The predicted molar refractivity (Wildman–Crippen MR) is 55.7 cm³/mol. The van der Waals surface area contributed by atoms with Crippen molar-refractivity contribution in [2.75, 3.05) is 0 Å². The Labute approximate surface area is 88.2 Å². The van der Waals surface area contributed by atoms with Gasteiger partial charge in [-0.3, -0.25) is 4.79 Å². The van der Waals surface area contributed by atoms with Crippen LogP contribution in [0.5, 0.6) is 0 Å². The second kappa shape index (κ2) is 5.01. The van der Waals surface area contributed by atoms with Crippen LogP contribution in [-0.2, 0) is 4.79 Å². The van der Waals surface area contributed by atoms with Crippen LogP contribution in [0.4, 0.5) is 0 Å². The fourth-order valence-electron chi connectivity index (χ4n) is 0.993. The molecule has 0 spiro atoms. The molecule has 1 aromatic rings. The molecule has 0 aromatic carbocycles. The minimum absolute atomic E-state index is 0.105. The molecule has 0 saturated carbocycles. The Kier molecular flexibility index (Phi) is 3.69. The molecule has 4 nitrogen and oxygen atoms in total. The largest absolute Gasteiger partial charge is 0.446 e. The van der Waals surface area contributed by atoms with Crippen LogP contribution < -0.4 is 5.32 Å². The van der Waals surface area contributed by atoms with Gasteiger partial charge in [0.15, 0.2) is 0 Å². The third-order valence-electron chi connectivity index (χ3n) is 1.57. The lowest BCUT2D eigenvalue weighted by Crippen LogP contribution is -2.28. The highest BCUT2D eigenvalue weighted by molar-refractivity contribution is 5.91. The van der Waals surface area contributed by atoms with Gasteiger partial charge in [0.1, 0.15) is 11.8 Å². The van der Waals surface area contributed by atoms with E-state index in [2.05, 4.69) is 5.32 Å². The van der Waals surface area contributed by atoms with Crippen LogP contribution in [-0.4, -0.2) is 11.9 Å². The van der Waals surface area contributed by atoms with E-state index in [4.69, 9.17) is 9.68 Å². The lowest BCUT2D eigenvalue weighted by molar-refractivity contribution is -0.116. The zero-order chi connectivity index (χ0) is 11.3. The summed E-state index contributed by atoms with van der Waals surface area (Å²) in [6.45, 7) is 3.76. The summed E-state index contributed by atoms with van der Waals surface area (Å²) in [6, 6.07) is 5.16. The third kappa shape index (κ3) is 3.69. The van der Waals surface area contributed by atoms with E-state index < -0.39 is 0 Å². The van der Waals surface area contributed by atoms with Crippen molar-refractivity contribution in [3.05, 3.63) is 29.7 Å². The molecule has 1 heterocycles. The van der Waals surface area contributed by atoms with Crippen molar-refractivity contribution in [1.29, 1.82) is 5.26 Å². The molecule has 0 aliphatic rings. The Morgan fingerprint density at radius 2 is 2.33 bits per heavy atom. The van der Waals surface area contributed by atoms with Crippen LogP contribution in [0.15, 0.2) is 22.6 Å². The lowest BCUT2D eigenvalue weighted by Gasteiger charge is -2.03. The topological polar surface area (TPSA) is 66.0 Å². The summed E-state index contributed by atoms with van der Waals surface area (Å²) in [7, 11) is 0. The minimum Gasteiger partial charge on any atom is -0.446 e. The van der Waals surface area contributed by atoms with Crippen LogP contribution >= 0.6 is 0 Å². The number of nitrogens with zero attached hydrogens (tertiary/aromatic N) is 1. The Morgan fingerprint density at radius 1 is 1.60 bits per heavy atom. The zero-order valence-electron chi connectivity index (χ0n) is 8.65. The maximum atomic E-state index is 11.2. The van der Waals surface area contributed by atoms with Crippen molar-refractivity contribution in [3.8, 4) is 6.07 Å². The normalized spacial score (nSPS) is 10.5. The van der Waals surface area contributed by atoms with E-state index in [1.807, 2.05) is 19.9 Å². The van der Waals surface area contributed by atoms with Crippen molar-refractivity contribution < 1.29 is 9.21 Å². The number of carbonyl (C=O) groups is 1. The molecule has 4 heteroatoms. The molecule has 78 valence electrons. The van der Waals surface area contributed by atoms with E-state index in [1.165, 1.54) is 12.2 Å². The summed E-state index contributed by atoms with van der Waals surface area (Å²) < 4.78 is 5.06. The highest BCUT2D eigenvalue weighted by Gasteiger charge is 1.99. The number of hydrogen-bond acceptors (Lipinski definition) is 3. The number of amides is 1. The van der Waals surface area contributed by atoms with Gasteiger partial charge in [0.2, 0.25) is 11.7 Å². The Balaban J connectivity index is 2.58. The number of nitriles is 1. The van der Waals surface area contributed by atoms with Gasteiger partial charge in [0.05, 0.1) is 0 Å². The number of furan rings is 1. The molecule has 1 amide bonds. The quantitative estimate of drug-likeness (QED) is 0.762. The van der Waals surface area contributed by atoms with Gasteiger partial charge >= 0.3 is 0 Å². The number of rotatable bonds is 3. The molecule has 0 bridgehead atoms. The van der Waals surface area contributed by atoms with E-state index in [0.717, 1.165) is 0 Å². The first kappa shape index (κ1) is 11.1. The van der Waals surface area contributed by atoms with Gasteiger partial charge in [-0.25, -0.2) is 0 Å². The van der Waals surface area contributed by atoms with E-state index in [1.54, 1.807) is 12.1 Å². The Morgan fingerprint density at radius 3 is 2.87 bits per heavy atom. The minimum atomic E-state index is -0.181. The maximum absolute atomic E-state index is 11.2. The van der Waals surface area contributed by atoms with Crippen LogP contribution in [0, 0.1) is 11.3 Å². The second-order valence-electron chi connectivity index (χ2n) is 3.31. The van der Waals surface area contributed by atoms with Crippen molar-refractivity contribution >= 4 is 12.0 Å². The van der Waals surface area contributed by atoms with Gasteiger partial charge in [0.25, 0.3) is 0 Å². The molecule has 0 atom stereocenters. The molecule has 0 unspecified atom stereocenters. The maximum Gasteiger partial charge on any atom is 0.244 e. The molecule has 0 fully saturated rings. The van der Waals surface area contributed by atoms with Gasteiger partial charge in [-0.2, -0.15) is 5.26 Å². The first-order valence-electron chi connectivity index (χ1n) is 4.60. The summed E-state index contributed by atoms with van der Waals surface area (Å²) >= 11 is 0. The van der Waals surface area contributed by atoms with Gasteiger partial charge in [0, 0.05) is 12.1 Å². The molecule has 0 aliphatic heterocycles. The lowest BCUT2D eigenvalue weighted by atomic mass is 10.3. The van der Waals surface area contributed by atoms with Crippen LogP contribution in [0.2, 0.25) is 0 Å². The number of carbonyl (C=O) groups excluding carboxylic acids is 1. The standard InChI is InChI=1S/C11H12N2O2/c1-8(2)13-11(14)6-5-9-3-4-10(7-12)15-9/h3-6,8H,1-2H3,(H,13,14)/b6-5+. The van der Waals surface area contributed by atoms with Crippen molar-refractivity contribution in [1.82, 2.24) is 5.32 Å². The van der Waals surface area contributed by atoms with E-state index >= 15 is 0 Å². The van der Waals surface area contributed by atoms with Crippen LogP contribution in [0.25, 0.3) is 6.08 Å². The predicted octanol–water partition coefficient (Wildman–Crippen LogP) is 1.69. The molecule has 1 aromatic heterocycles. The molecule has 0 saturated heterocycles. The first-order valence-corrected chi connectivity index (χ1v) is 4.60. The number of hydrogen-bond donors (Lipinski definition) is 1. The molecular formula is C11H12N2O2. The summed E-state index contributed by atoms with van der Waals surface area (Å²) in [6.07, 6.45) is 2.90. The van der Waals surface area contributed by atoms with Crippen LogP contribution in [0.3, 0.4) is 0 Å². The summed E-state index contributed by atoms with van der Waals surface area (Å²) in [5.74, 6) is 0.546. The van der Waals surface area contributed by atoms with Crippen molar-refractivity contribution in [3.63, 3.8) is 0 Å². The van der Waals surface area contributed by atoms with Crippen LogP contribution in [0.1, 0.15) is 25.4 Å². The molecule has 15 heavy (non-hydrogen) atoms. The highest BCUT2D eigenvalue weighted by Crippen LogP contribution is 2.07. The van der Waals surface area contributed by atoms with Gasteiger partial charge < -0.3 is 9.73 Å². The number of nitrogens with one attached hydrogen (secondary N) is 1. The van der Waals surface area contributed by atoms with Gasteiger partial charge in [-0.05, 0) is 32.1 Å². The summed E-state index contributed by atoms with van der Waals surface area (Å²) in [5, 5.41) is 11.2. The third-order valence-corrected chi connectivity index (χ3v) is 1.57. The smallest absolute Gasteiger partial charge is 0.244 e. The first-order chi connectivity index (χ1) is 7.11.